The average Bonchev–Trinajstić information content (AvgIpc) is 3.36. The third-order valence-electron chi connectivity index (χ3n) is 5.68. The molecule has 0 spiro atoms. The van der Waals surface area contributed by atoms with Gasteiger partial charge in [-0.3, -0.25) is 14.2 Å². The van der Waals surface area contributed by atoms with Crippen LogP contribution in [0.2, 0.25) is 5.02 Å². The minimum absolute atomic E-state index is 0.107. The largest absolute Gasteiger partial charge is 0.454 e. The zero-order chi connectivity index (χ0) is 23.6. The van der Waals surface area contributed by atoms with Crippen molar-refractivity contribution in [2.45, 2.75) is 20.3 Å². The molecule has 1 aliphatic heterocycles. The second kappa shape index (κ2) is 9.67. The Morgan fingerprint density at radius 3 is 2.58 bits per heavy atom. The minimum Gasteiger partial charge on any atom is -0.454 e. The van der Waals surface area contributed by atoms with Crippen LogP contribution in [0.4, 0.5) is 0 Å². The molecule has 1 fully saturated rings. The van der Waals surface area contributed by atoms with Crippen molar-refractivity contribution in [3.63, 3.8) is 0 Å². The van der Waals surface area contributed by atoms with Crippen molar-refractivity contribution < 1.29 is 18.7 Å². The van der Waals surface area contributed by atoms with Crippen molar-refractivity contribution in [1.29, 1.82) is 0 Å². The molecule has 0 unspecified atom stereocenters. The van der Waals surface area contributed by atoms with E-state index in [9.17, 15) is 9.59 Å². The van der Waals surface area contributed by atoms with Crippen molar-refractivity contribution in [3.05, 3.63) is 47.1 Å². The number of nitrogens with one attached hydrogen (secondary N) is 1. The van der Waals surface area contributed by atoms with Gasteiger partial charge in [-0.1, -0.05) is 25.4 Å². The number of fused-ring (bicyclic) bond motifs is 1. The number of morpholine rings is 1. The maximum atomic E-state index is 12.7. The third kappa shape index (κ3) is 5.29. The van der Waals surface area contributed by atoms with Gasteiger partial charge in [0.25, 0.3) is 0 Å². The molecule has 0 aliphatic carbocycles. The molecule has 7 nitrogen and oxygen atoms in total. The van der Waals surface area contributed by atoms with E-state index in [0.717, 1.165) is 11.8 Å². The van der Waals surface area contributed by atoms with E-state index in [1.165, 1.54) is 0 Å². The predicted octanol–water partition coefficient (Wildman–Crippen LogP) is 4.36. The Morgan fingerprint density at radius 2 is 1.91 bits per heavy atom. The van der Waals surface area contributed by atoms with Crippen LogP contribution in [-0.4, -0.2) is 59.6 Å². The van der Waals surface area contributed by atoms with Crippen LogP contribution >= 0.6 is 23.8 Å². The number of benzene rings is 1. The highest BCUT2D eigenvalue weighted by Crippen LogP contribution is 2.31. The topological polar surface area (TPSA) is 76.7 Å². The number of halogens is 1. The van der Waals surface area contributed by atoms with Crippen LogP contribution in [0, 0.1) is 5.41 Å². The van der Waals surface area contributed by atoms with Crippen molar-refractivity contribution in [1.82, 2.24) is 14.8 Å². The number of hydrogen-bond donors (Lipinski definition) is 1. The number of rotatable bonds is 6. The lowest BCUT2D eigenvalue weighted by molar-refractivity contribution is -0.137. The van der Waals surface area contributed by atoms with Crippen LogP contribution in [-0.2, 0) is 9.53 Å². The van der Waals surface area contributed by atoms with E-state index in [1.54, 1.807) is 22.8 Å². The van der Waals surface area contributed by atoms with Crippen LogP contribution in [0.5, 0.6) is 0 Å². The summed E-state index contributed by atoms with van der Waals surface area (Å²) in [6.45, 7) is 6.92. The Kier molecular flexibility index (Phi) is 6.88. The summed E-state index contributed by atoms with van der Waals surface area (Å²) < 4.78 is 13.0. The molecule has 33 heavy (non-hydrogen) atoms. The maximum Gasteiger partial charge on any atom is 0.223 e. The number of carbonyl (C=O) groups is 2. The van der Waals surface area contributed by atoms with Gasteiger partial charge in [-0.25, -0.2) is 0 Å². The minimum atomic E-state index is -0.335. The number of thiocarbonyl (C=S) groups is 1. The van der Waals surface area contributed by atoms with E-state index >= 15 is 0 Å². The van der Waals surface area contributed by atoms with E-state index < -0.39 is 0 Å². The van der Waals surface area contributed by atoms with Crippen molar-refractivity contribution in [2.24, 2.45) is 5.41 Å². The smallest absolute Gasteiger partial charge is 0.223 e. The predicted molar refractivity (Wildman–Crippen MR) is 132 cm³/mol. The number of carbonyl (C=O) groups excluding carboxylic acids is 2. The highest BCUT2D eigenvalue weighted by molar-refractivity contribution is 7.80. The summed E-state index contributed by atoms with van der Waals surface area (Å²) in [5.74, 6) is 0.762. The lowest BCUT2D eigenvalue weighted by Crippen LogP contribution is -2.44. The lowest BCUT2D eigenvalue weighted by atomic mass is 9.88. The summed E-state index contributed by atoms with van der Waals surface area (Å²) >= 11 is 11.6. The summed E-state index contributed by atoms with van der Waals surface area (Å²) in [5.41, 5.74) is 2.19. The van der Waals surface area contributed by atoms with Crippen LogP contribution in [0.3, 0.4) is 0 Å². The zero-order valence-electron chi connectivity index (χ0n) is 18.6. The molecule has 0 radical (unpaired) electrons. The number of nitrogens with zero attached hydrogens (tertiary/aromatic N) is 2. The Hall–Kier alpha value is -2.68. The Morgan fingerprint density at radius 1 is 1.21 bits per heavy atom. The van der Waals surface area contributed by atoms with Gasteiger partial charge in [0, 0.05) is 48.8 Å². The molecule has 0 saturated carbocycles. The second-order valence-corrected chi connectivity index (χ2v) is 9.71. The van der Waals surface area contributed by atoms with Gasteiger partial charge in [0.2, 0.25) is 5.91 Å². The Bertz CT molecular complexity index is 1180. The number of hydrogen-bond acceptors (Lipinski definition) is 5. The molecule has 1 saturated heterocycles. The summed E-state index contributed by atoms with van der Waals surface area (Å²) in [7, 11) is 0. The van der Waals surface area contributed by atoms with Gasteiger partial charge >= 0.3 is 0 Å². The molecule has 1 aliphatic rings. The van der Waals surface area contributed by atoms with Crippen molar-refractivity contribution >= 4 is 52.2 Å². The van der Waals surface area contributed by atoms with Crippen molar-refractivity contribution in [3.8, 4) is 11.3 Å². The third-order valence-corrected chi connectivity index (χ3v) is 6.26. The van der Waals surface area contributed by atoms with Gasteiger partial charge in [0.15, 0.2) is 17.0 Å². The van der Waals surface area contributed by atoms with Gasteiger partial charge in [0.05, 0.1) is 24.4 Å². The first-order valence-electron chi connectivity index (χ1n) is 10.8. The quantitative estimate of drug-likeness (QED) is 0.411. The Balaban J connectivity index is 1.49. The van der Waals surface area contributed by atoms with E-state index in [0.29, 0.717) is 72.0 Å². The standard InChI is InChI=1S/C24H26ClN3O4S/c1-24(2,13-22(30)27-7-9-31-10-8-27)15-26-23(33)28-18(14-29)11-21-19(28)12-20(32-21)16-3-5-17(25)6-4-16/h3-6,11-12,14H,7-10,13,15H2,1-2H3,(H,26,33). The number of ether oxygens (including phenoxy) is 1. The SMILES string of the molecule is CC(C)(CNC(=S)n1c(C=O)cc2oc(-c3ccc(Cl)cc3)cc21)CC(=O)N1CCOCC1. The summed E-state index contributed by atoms with van der Waals surface area (Å²) in [4.78, 5) is 26.2. The van der Waals surface area contributed by atoms with Crippen LogP contribution < -0.4 is 5.32 Å². The van der Waals surface area contributed by atoms with Gasteiger partial charge in [-0.2, -0.15) is 0 Å². The monoisotopic (exact) mass is 487 g/mol. The molecular formula is C24H26ClN3O4S. The zero-order valence-corrected chi connectivity index (χ0v) is 20.2. The molecule has 2 aromatic heterocycles. The lowest BCUT2D eigenvalue weighted by Gasteiger charge is -2.31. The van der Waals surface area contributed by atoms with Crippen LogP contribution in [0.25, 0.3) is 22.4 Å². The number of aromatic nitrogens is 1. The molecule has 1 aromatic carbocycles. The molecule has 1 amide bonds. The van der Waals surface area contributed by atoms with Gasteiger partial charge in [0.1, 0.15) is 5.76 Å². The number of aldehydes is 1. The first-order chi connectivity index (χ1) is 15.8. The van der Waals surface area contributed by atoms with E-state index in [4.69, 9.17) is 33.0 Å². The van der Waals surface area contributed by atoms with Gasteiger partial charge in [-0.05, 0) is 41.9 Å². The number of amides is 1. The average molecular weight is 488 g/mol. The maximum absolute atomic E-state index is 12.7. The fourth-order valence-corrected chi connectivity index (χ4v) is 4.27. The molecule has 3 heterocycles. The van der Waals surface area contributed by atoms with E-state index in [1.807, 2.05) is 36.9 Å². The number of furan rings is 1. The first-order valence-corrected chi connectivity index (χ1v) is 11.6. The van der Waals surface area contributed by atoms with E-state index in [2.05, 4.69) is 5.32 Å². The van der Waals surface area contributed by atoms with E-state index in [-0.39, 0.29) is 11.3 Å². The molecule has 0 bridgehead atoms. The fraction of sp³-hybridized carbons (Fsp3) is 0.375. The second-order valence-electron chi connectivity index (χ2n) is 8.88. The molecule has 0 atom stereocenters. The highest BCUT2D eigenvalue weighted by atomic mass is 35.5. The normalized spacial score (nSPS) is 14.5. The molecule has 1 N–H and O–H groups in total. The Labute approximate surface area is 202 Å². The van der Waals surface area contributed by atoms with Gasteiger partial charge < -0.3 is 19.4 Å². The molecule has 9 heteroatoms. The first kappa shape index (κ1) is 23.5. The molecule has 174 valence electrons. The van der Waals surface area contributed by atoms with Gasteiger partial charge in [-0.15, -0.1) is 0 Å². The van der Waals surface area contributed by atoms with Crippen LogP contribution in [0.1, 0.15) is 30.8 Å². The summed E-state index contributed by atoms with van der Waals surface area (Å²) in [6, 6.07) is 10.9. The highest BCUT2D eigenvalue weighted by Gasteiger charge is 2.27. The fourth-order valence-electron chi connectivity index (χ4n) is 3.87. The van der Waals surface area contributed by atoms with Crippen molar-refractivity contribution in [2.75, 3.05) is 32.8 Å². The molecule has 3 aromatic rings. The summed E-state index contributed by atoms with van der Waals surface area (Å²) in [5, 5.41) is 4.26. The van der Waals surface area contributed by atoms with Crippen LogP contribution in [0.15, 0.2) is 40.8 Å². The molecule has 4 rings (SSSR count). The summed E-state index contributed by atoms with van der Waals surface area (Å²) in [6.07, 6.45) is 1.13. The molecular weight excluding hydrogens is 462 g/mol.